The van der Waals surface area contributed by atoms with E-state index in [0.717, 1.165) is 0 Å². The molecule has 0 radical (unpaired) electrons. The zero-order chi connectivity index (χ0) is 9.84. The topological polar surface area (TPSA) is 52.1 Å². The van der Waals surface area contributed by atoms with Gasteiger partial charge in [-0.25, -0.2) is 9.97 Å². The molecule has 4 nitrogen and oxygen atoms in total. The van der Waals surface area contributed by atoms with E-state index < -0.39 is 0 Å². The van der Waals surface area contributed by atoms with Gasteiger partial charge in [0.05, 0.1) is 13.5 Å². The molecule has 0 aliphatic carbocycles. The number of aromatic nitrogens is 2. The summed E-state index contributed by atoms with van der Waals surface area (Å²) in [6, 6.07) is 0. The minimum atomic E-state index is -0.347. The molecule has 1 rings (SSSR count). The second kappa shape index (κ2) is 4.18. The highest BCUT2D eigenvalue weighted by atomic mass is 35.5. The van der Waals surface area contributed by atoms with Gasteiger partial charge >= 0.3 is 5.97 Å². The molecule has 0 aromatic carbocycles. The standard InChI is InChI=1S/C8H9ClN2O2/c1-5-6(3-7(12)13-2)8(9)11-4-10-5/h4H,3H2,1-2H3. The molecule has 1 heterocycles. The molecule has 0 spiro atoms. The van der Waals surface area contributed by atoms with E-state index in [0.29, 0.717) is 16.4 Å². The molecule has 0 aliphatic rings. The van der Waals surface area contributed by atoms with Gasteiger partial charge in [0.25, 0.3) is 0 Å². The quantitative estimate of drug-likeness (QED) is 0.531. The van der Waals surface area contributed by atoms with E-state index in [1.54, 1.807) is 6.92 Å². The lowest BCUT2D eigenvalue weighted by Crippen LogP contribution is -2.07. The first kappa shape index (κ1) is 9.92. The summed E-state index contributed by atoms with van der Waals surface area (Å²) in [6.45, 7) is 1.77. The Morgan fingerprint density at radius 1 is 1.62 bits per heavy atom. The molecule has 0 atom stereocenters. The molecule has 5 heteroatoms. The lowest BCUT2D eigenvalue weighted by atomic mass is 10.2. The van der Waals surface area contributed by atoms with E-state index in [4.69, 9.17) is 11.6 Å². The van der Waals surface area contributed by atoms with Gasteiger partial charge in [-0.3, -0.25) is 4.79 Å². The predicted molar refractivity (Wildman–Crippen MR) is 47.5 cm³/mol. The highest BCUT2D eigenvalue weighted by molar-refractivity contribution is 6.30. The van der Waals surface area contributed by atoms with Gasteiger partial charge in [-0.2, -0.15) is 0 Å². The number of ether oxygens (including phenoxy) is 1. The summed E-state index contributed by atoms with van der Waals surface area (Å²) in [4.78, 5) is 18.6. The van der Waals surface area contributed by atoms with Crippen LogP contribution in [0.4, 0.5) is 0 Å². The first-order chi connectivity index (χ1) is 6.15. The first-order valence-electron chi connectivity index (χ1n) is 3.68. The first-order valence-corrected chi connectivity index (χ1v) is 4.05. The van der Waals surface area contributed by atoms with Crippen molar-refractivity contribution in [2.45, 2.75) is 13.3 Å². The Labute approximate surface area is 80.9 Å². The number of carbonyl (C=O) groups excluding carboxylic acids is 1. The van der Waals surface area contributed by atoms with Crippen LogP contribution in [0.5, 0.6) is 0 Å². The molecule has 1 aromatic heterocycles. The number of rotatable bonds is 2. The lowest BCUT2D eigenvalue weighted by molar-refractivity contribution is -0.139. The fraction of sp³-hybridized carbons (Fsp3) is 0.375. The fourth-order valence-electron chi connectivity index (χ4n) is 0.889. The number of halogens is 1. The molecule has 0 amide bonds. The number of esters is 1. The maximum atomic E-state index is 10.9. The average molecular weight is 201 g/mol. The normalized spacial score (nSPS) is 9.77. The summed E-state index contributed by atoms with van der Waals surface area (Å²) in [5.41, 5.74) is 1.32. The zero-order valence-electron chi connectivity index (χ0n) is 7.37. The van der Waals surface area contributed by atoms with Crippen LogP contribution in [-0.2, 0) is 16.0 Å². The predicted octanol–water partition coefficient (Wildman–Crippen LogP) is 1.15. The lowest BCUT2D eigenvalue weighted by Gasteiger charge is -2.04. The Bertz CT molecular complexity index is 308. The average Bonchev–Trinajstić information content (AvgIpc) is 2.11. The van der Waals surface area contributed by atoms with Crippen molar-refractivity contribution in [3.63, 3.8) is 0 Å². The monoisotopic (exact) mass is 200 g/mol. The summed E-state index contributed by atoms with van der Waals surface area (Å²) in [7, 11) is 1.33. The van der Waals surface area contributed by atoms with Crippen molar-refractivity contribution in [1.82, 2.24) is 9.97 Å². The Hall–Kier alpha value is -1.16. The zero-order valence-corrected chi connectivity index (χ0v) is 8.13. The molecule has 0 N–H and O–H groups in total. The van der Waals surface area contributed by atoms with Crippen molar-refractivity contribution in [2.24, 2.45) is 0 Å². The summed E-state index contributed by atoms with van der Waals surface area (Å²) >= 11 is 5.77. The fourth-order valence-corrected chi connectivity index (χ4v) is 1.14. The summed E-state index contributed by atoms with van der Waals surface area (Å²) in [6.07, 6.45) is 1.47. The SMILES string of the molecule is COC(=O)Cc1c(C)ncnc1Cl. The van der Waals surface area contributed by atoms with E-state index in [-0.39, 0.29) is 12.4 Å². The smallest absolute Gasteiger partial charge is 0.310 e. The number of nitrogens with zero attached hydrogens (tertiary/aromatic N) is 2. The van der Waals surface area contributed by atoms with E-state index in [1.807, 2.05) is 0 Å². The van der Waals surface area contributed by atoms with E-state index in [9.17, 15) is 4.79 Å². The third-order valence-electron chi connectivity index (χ3n) is 1.66. The van der Waals surface area contributed by atoms with E-state index >= 15 is 0 Å². The van der Waals surface area contributed by atoms with Gasteiger partial charge in [0.2, 0.25) is 0 Å². The van der Waals surface area contributed by atoms with Gasteiger partial charge in [-0.15, -0.1) is 0 Å². The minimum Gasteiger partial charge on any atom is -0.469 e. The Kier molecular flexibility index (Phi) is 3.19. The molecule has 70 valence electrons. The highest BCUT2D eigenvalue weighted by Gasteiger charge is 2.11. The molecule has 0 fully saturated rings. The summed E-state index contributed by atoms with van der Waals surface area (Å²) < 4.78 is 4.51. The molecular formula is C8H9ClN2O2. The van der Waals surface area contributed by atoms with Gasteiger partial charge in [-0.05, 0) is 6.92 Å². The van der Waals surface area contributed by atoms with Crippen LogP contribution in [0, 0.1) is 6.92 Å². The van der Waals surface area contributed by atoms with Crippen molar-refractivity contribution in [3.05, 3.63) is 22.7 Å². The number of carbonyl (C=O) groups is 1. The maximum Gasteiger partial charge on any atom is 0.310 e. The second-order valence-corrected chi connectivity index (χ2v) is 2.84. The van der Waals surface area contributed by atoms with Crippen LogP contribution in [0.15, 0.2) is 6.33 Å². The van der Waals surface area contributed by atoms with Gasteiger partial charge < -0.3 is 4.74 Å². The largest absolute Gasteiger partial charge is 0.469 e. The third kappa shape index (κ3) is 2.39. The summed E-state index contributed by atoms with van der Waals surface area (Å²) in [5.74, 6) is -0.347. The van der Waals surface area contributed by atoms with Crippen LogP contribution in [0.3, 0.4) is 0 Å². The summed E-state index contributed by atoms with van der Waals surface area (Å²) in [5, 5.41) is 0.304. The molecule has 0 saturated carbocycles. The van der Waals surface area contributed by atoms with Crippen molar-refractivity contribution in [2.75, 3.05) is 7.11 Å². The minimum absolute atomic E-state index is 0.113. The molecule has 0 aliphatic heterocycles. The van der Waals surface area contributed by atoms with Gasteiger partial charge in [0.1, 0.15) is 11.5 Å². The van der Waals surface area contributed by atoms with Crippen molar-refractivity contribution < 1.29 is 9.53 Å². The van der Waals surface area contributed by atoms with Gasteiger partial charge in [0.15, 0.2) is 0 Å². The van der Waals surface area contributed by atoms with Gasteiger partial charge in [0, 0.05) is 11.3 Å². The number of hydrogen-bond acceptors (Lipinski definition) is 4. The molecule has 1 aromatic rings. The van der Waals surface area contributed by atoms with Crippen LogP contribution in [-0.4, -0.2) is 23.0 Å². The third-order valence-corrected chi connectivity index (χ3v) is 1.98. The van der Waals surface area contributed by atoms with Crippen molar-refractivity contribution in [1.29, 1.82) is 0 Å². The number of aryl methyl sites for hydroxylation is 1. The van der Waals surface area contributed by atoms with Gasteiger partial charge in [-0.1, -0.05) is 11.6 Å². The van der Waals surface area contributed by atoms with Crippen LogP contribution in [0.25, 0.3) is 0 Å². The Morgan fingerprint density at radius 3 is 2.85 bits per heavy atom. The molecule has 0 saturated heterocycles. The maximum absolute atomic E-state index is 10.9. The van der Waals surface area contributed by atoms with Crippen LogP contribution < -0.4 is 0 Å². The van der Waals surface area contributed by atoms with Crippen LogP contribution >= 0.6 is 11.6 Å². The molecule has 0 unspecified atom stereocenters. The number of hydrogen-bond donors (Lipinski definition) is 0. The number of methoxy groups -OCH3 is 1. The Balaban J connectivity index is 2.93. The van der Waals surface area contributed by atoms with Crippen LogP contribution in [0.1, 0.15) is 11.3 Å². The highest BCUT2D eigenvalue weighted by Crippen LogP contribution is 2.15. The molecule has 0 bridgehead atoms. The van der Waals surface area contributed by atoms with Crippen molar-refractivity contribution in [3.8, 4) is 0 Å². The second-order valence-electron chi connectivity index (χ2n) is 2.48. The van der Waals surface area contributed by atoms with E-state index in [1.165, 1.54) is 13.4 Å². The molecular weight excluding hydrogens is 192 g/mol. The molecule has 13 heavy (non-hydrogen) atoms. The Morgan fingerprint density at radius 2 is 2.31 bits per heavy atom. The van der Waals surface area contributed by atoms with Crippen molar-refractivity contribution >= 4 is 17.6 Å². The van der Waals surface area contributed by atoms with E-state index in [2.05, 4.69) is 14.7 Å². The van der Waals surface area contributed by atoms with Crippen LogP contribution in [0.2, 0.25) is 5.15 Å².